The van der Waals surface area contributed by atoms with E-state index in [0.717, 1.165) is 6.54 Å². The Balaban J connectivity index is 2.18. The van der Waals surface area contributed by atoms with Gasteiger partial charge in [-0.25, -0.2) is 0 Å². The molecule has 0 saturated heterocycles. The molecule has 0 heterocycles. The fourth-order valence-electron chi connectivity index (χ4n) is 1.49. The topological polar surface area (TPSA) is 12.0 Å². The van der Waals surface area contributed by atoms with Crippen LogP contribution in [-0.2, 0) is 6.42 Å². The van der Waals surface area contributed by atoms with Crippen LogP contribution in [-0.4, -0.2) is 12.1 Å². The number of benzene rings is 1. The van der Waals surface area contributed by atoms with Crippen LogP contribution in [0.15, 0.2) is 30.3 Å². The van der Waals surface area contributed by atoms with E-state index in [0.29, 0.717) is 0 Å². The summed E-state index contributed by atoms with van der Waals surface area (Å²) >= 11 is 0. The zero-order chi connectivity index (χ0) is 11.1. The van der Waals surface area contributed by atoms with E-state index in [-0.39, 0.29) is 5.54 Å². The van der Waals surface area contributed by atoms with Gasteiger partial charge in [0, 0.05) is 5.54 Å². The van der Waals surface area contributed by atoms with Crippen LogP contribution in [0.1, 0.15) is 39.2 Å². The molecule has 0 amide bonds. The van der Waals surface area contributed by atoms with Gasteiger partial charge in [-0.3, -0.25) is 0 Å². The van der Waals surface area contributed by atoms with Crippen LogP contribution in [0.4, 0.5) is 0 Å². The highest BCUT2D eigenvalue weighted by atomic mass is 14.9. The average Bonchev–Trinajstić information content (AvgIpc) is 2.26. The Hall–Kier alpha value is -0.820. The third-order valence-corrected chi connectivity index (χ3v) is 2.97. The fraction of sp³-hybridized carbons (Fsp3) is 0.571. The maximum Gasteiger partial charge on any atom is 0.0122 e. The van der Waals surface area contributed by atoms with Gasteiger partial charge in [-0.2, -0.15) is 0 Å². The molecular weight excluding hydrogens is 182 g/mol. The standard InChI is InChI=1S/C14H23N/c1-4-14(2,3)15-12-8-11-13-9-6-5-7-10-13/h5-7,9-10,15H,4,8,11-12H2,1-3H3. The first kappa shape index (κ1) is 12.3. The lowest BCUT2D eigenvalue weighted by Gasteiger charge is -2.24. The number of hydrogen-bond acceptors (Lipinski definition) is 1. The maximum atomic E-state index is 3.58. The van der Waals surface area contributed by atoms with E-state index in [4.69, 9.17) is 0 Å². The van der Waals surface area contributed by atoms with Crippen molar-refractivity contribution in [1.29, 1.82) is 0 Å². The summed E-state index contributed by atoms with van der Waals surface area (Å²) in [6, 6.07) is 10.7. The van der Waals surface area contributed by atoms with Crippen LogP contribution in [0.2, 0.25) is 0 Å². The van der Waals surface area contributed by atoms with E-state index < -0.39 is 0 Å². The Bertz CT molecular complexity index is 264. The Morgan fingerprint density at radius 3 is 2.40 bits per heavy atom. The highest BCUT2D eigenvalue weighted by Gasteiger charge is 2.12. The molecule has 0 unspecified atom stereocenters. The zero-order valence-electron chi connectivity index (χ0n) is 10.2. The summed E-state index contributed by atoms with van der Waals surface area (Å²) in [6.45, 7) is 7.85. The summed E-state index contributed by atoms with van der Waals surface area (Å²) in [6.07, 6.45) is 3.57. The molecular formula is C14H23N. The van der Waals surface area contributed by atoms with Crippen LogP contribution in [0.5, 0.6) is 0 Å². The van der Waals surface area contributed by atoms with E-state index in [1.807, 2.05) is 0 Å². The molecule has 0 fully saturated rings. The summed E-state index contributed by atoms with van der Waals surface area (Å²) in [7, 11) is 0. The van der Waals surface area contributed by atoms with Gasteiger partial charge < -0.3 is 5.32 Å². The number of aryl methyl sites for hydroxylation is 1. The lowest BCUT2D eigenvalue weighted by atomic mass is 10.0. The van der Waals surface area contributed by atoms with Crippen molar-refractivity contribution in [3.05, 3.63) is 35.9 Å². The van der Waals surface area contributed by atoms with Gasteiger partial charge in [0.05, 0.1) is 0 Å². The monoisotopic (exact) mass is 205 g/mol. The number of hydrogen-bond donors (Lipinski definition) is 1. The zero-order valence-corrected chi connectivity index (χ0v) is 10.2. The fourth-order valence-corrected chi connectivity index (χ4v) is 1.49. The summed E-state index contributed by atoms with van der Waals surface area (Å²) in [5.41, 5.74) is 1.73. The van der Waals surface area contributed by atoms with Crippen LogP contribution < -0.4 is 5.32 Å². The predicted octanol–water partition coefficient (Wildman–Crippen LogP) is 3.40. The third kappa shape index (κ3) is 4.98. The molecule has 0 aliphatic rings. The summed E-state index contributed by atoms with van der Waals surface area (Å²) in [5.74, 6) is 0. The van der Waals surface area contributed by atoms with Crippen molar-refractivity contribution in [2.75, 3.05) is 6.54 Å². The predicted molar refractivity (Wildman–Crippen MR) is 67.1 cm³/mol. The van der Waals surface area contributed by atoms with Gasteiger partial charge in [0.25, 0.3) is 0 Å². The highest BCUT2D eigenvalue weighted by molar-refractivity contribution is 5.14. The molecule has 0 aromatic heterocycles. The molecule has 84 valence electrons. The van der Waals surface area contributed by atoms with Crippen LogP contribution in [0.3, 0.4) is 0 Å². The smallest absolute Gasteiger partial charge is 0.0122 e. The normalized spacial score (nSPS) is 11.7. The molecule has 0 aliphatic heterocycles. The van der Waals surface area contributed by atoms with E-state index in [1.54, 1.807) is 0 Å². The highest BCUT2D eigenvalue weighted by Crippen LogP contribution is 2.07. The first-order valence-corrected chi connectivity index (χ1v) is 5.93. The maximum absolute atomic E-state index is 3.58. The molecule has 1 nitrogen and oxygen atoms in total. The Kier molecular flexibility index (Phi) is 4.83. The molecule has 0 aliphatic carbocycles. The van der Waals surface area contributed by atoms with Crippen LogP contribution >= 0.6 is 0 Å². The van der Waals surface area contributed by atoms with Crippen molar-refractivity contribution >= 4 is 0 Å². The minimum atomic E-state index is 0.288. The average molecular weight is 205 g/mol. The van der Waals surface area contributed by atoms with E-state index in [2.05, 4.69) is 56.4 Å². The second-order valence-electron chi connectivity index (χ2n) is 4.75. The Morgan fingerprint density at radius 2 is 1.80 bits per heavy atom. The molecule has 0 bridgehead atoms. The second-order valence-corrected chi connectivity index (χ2v) is 4.75. The molecule has 1 heteroatoms. The number of nitrogens with one attached hydrogen (secondary N) is 1. The first-order valence-electron chi connectivity index (χ1n) is 5.93. The molecule has 1 N–H and O–H groups in total. The van der Waals surface area contributed by atoms with Gasteiger partial charge in [-0.05, 0) is 45.2 Å². The second kappa shape index (κ2) is 5.92. The number of rotatable bonds is 6. The lowest BCUT2D eigenvalue weighted by Crippen LogP contribution is -2.39. The summed E-state index contributed by atoms with van der Waals surface area (Å²) in [4.78, 5) is 0. The van der Waals surface area contributed by atoms with E-state index >= 15 is 0 Å². The van der Waals surface area contributed by atoms with Crippen molar-refractivity contribution in [3.8, 4) is 0 Å². The van der Waals surface area contributed by atoms with Crippen LogP contribution in [0.25, 0.3) is 0 Å². The molecule has 0 saturated carbocycles. The van der Waals surface area contributed by atoms with Crippen LogP contribution in [0, 0.1) is 0 Å². The lowest BCUT2D eigenvalue weighted by molar-refractivity contribution is 0.374. The van der Waals surface area contributed by atoms with Crippen molar-refractivity contribution in [1.82, 2.24) is 5.32 Å². The van der Waals surface area contributed by atoms with Gasteiger partial charge in [0.15, 0.2) is 0 Å². The first-order chi connectivity index (χ1) is 7.14. The van der Waals surface area contributed by atoms with Gasteiger partial charge in [-0.1, -0.05) is 37.3 Å². The summed E-state index contributed by atoms with van der Waals surface area (Å²) in [5, 5.41) is 3.58. The quantitative estimate of drug-likeness (QED) is 0.702. The van der Waals surface area contributed by atoms with Crippen molar-refractivity contribution < 1.29 is 0 Å². The van der Waals surface area contributed by atoms with Crippen molar-refractivity contribution in [2.45, 2.75) is 45.6 Å². The molecule has 0 atom stereocenters. The molecule has 0 spiro atoms. The minimum absolute atomic E-state index is 0.288. The molecule has 1 aromatic carbocycles. The van der Waals surface area contributed by atoms with E-state index in [9.17, 15) is 0 Å². The molecule has 0 radical (unpaired) electrons. The van der Waals surface area contributed by atoms with Gasteiger partial charge in [0.2, 0.25) is 0 Å². The van der Waals surface area contributed by atoms with Gasteiger partial charge in [0.1, 0.15) is 0 Å². The Labute approximate surface area is 93.9 Å². The molecule has 1 aromatic rings. The largest absolute Gasteiger partial charge is 0.312 e. The minimum Gasteiger partial charge on any atom is -0.312 e. The van der Waals surface area contributed by atoms with Crippen molar-refractivity contribution in [3.63, 3.8) is 0 Å². The molecule has 1 rings (SSSR count). The van der Waals surface area contributed by atoms with Gasteiger partial charge in [-0.15, -0.1) is 0 Å². The Morgan fingerprint density at radius 1 is 1.13 bits per heavy atom. The third-order valence-electron chi connectivity index (χ3n) is 2.97. The van der Waals surface area contributed by atoms with Gasteiger partial charge >= 0.3 is 0 Å². The SMILES string of the molecule is CCC(C)(C)NCCCc1ccccc1. The van der Waals surface area contributed by atoms with E-state index in [1.165, 1.54) is 24.8 Å². The molecule has 15 heavy (non-hydrogen) atoms. The van der Waals surface area contributed by atoms with Crippen molar-refractivity contribution in [2.24, 2.45) is 0 Å². The summed E-state index contributed by atoms with van der Waals surface area (Å²) < 4.78 is 0.